The summed E-state index contributed by atoms with van der Waals surface area (Å²) in [6.07, 6.45) is 4.11. The third-order valence-electron chi connectivity index (χ3n) is 5.99. The van der Waals surface area contributed by atoms with Crippen molar-refractivity contribution >= 4 is 11.8 Å². The molecule has 2 amide bonds. The first-order chi connectivity index (χ1) is 13.5. The number of morpholine rings is 1. The molecule has 5 heteroatoms. The number of piperidine rings is 1. The quantitative estimate of drug-likeness (QED) is 0.781. The molecule has 2 heterocycles. The topological polar surface area (TPSA) is 49.9 Å². The number of aryl methyl sites for hydroxylation is 2. The smallest absolute Gasteiger partial charge is 0.225 e. The lowest BCUT2D eigenvalue weighted by Crippen LogP contribution is -2.51. The molecule has 0 N–H and O–H groups in total. The van der Waals surface area contributed by atoms with Crippen LogP contribution >= 0.6 is 0 Å². The number of carbonyl (C=O) groups is 2. The van der Waals surface area contributed by atoms with Gasteiger partial charge in [0.05, 0.1) is 12.2 Å². The van der Waals surface area contributed by atoms with E-state index in [1.807, 2.05) is 23.6 Å². The molecule has 2 unspecified atom stereocenters. The van der Waals surface area contributed by atoms with E-state index >= 15 is 0 Å². The van der Waals surface area contributed by atoms with Crippen molar-refractivity contribution < 1.29 is 14.3 Å². The zero-order valence-electron chi connectivity index (χ0n) is 17.5. The molecule has 2 atom stereocenters. The number of ether oxygens (including phenoxy) is 1. The van der Waals surface area contributed by atoms with Crippen LogP contribution in [0.5, 0.6) is 0 Å². The number of carbonyl (C=O) groups excluding carboxylic acids is 2. The summed E-state index contributed by atoms with van der Waals surface area (Å²) in [4.78, 5) is 29.3. The van der Waals surface area contributed by atoms with E-state index in [0.29, 0.717) is 32.6 Å². The van der Waals surface area contributed by atoms with Crippen molar-refractivity contribution in [1.82, 2.24) is 9.80 Å². The van der Waals surface area contributed by atoms with E-state index in [9.17, 15) is 9.59 Å². The summed E-state index contributed by atoms with van der Waals surface area (Å²) in [5, 5.41) is 0. The van der Waals surface area contributed by atoms with Gasteiger partial charge in [-0.15, -0.1) is 0 Å². The maximum Gasteiger partial charge on any atom is 0.225 e. The van der Waals surface area contributed by atoms with Crippen molar-refractivity contribution in [2.24, 2.45) is 5.92 Å². The zero-order valence-corrected chi connectivity index (χ0v) is 17.5. The molecule has 5 nitrogen and oxygen atoms in total. The van der Waals surface area contributed by atoms with Crippen LogP contribution in [0.1, 0.15) is 51.2 Å². The number of nitrogens with zero attached hydrogens (tertiary/aromatic N) is 2. The van der Waals surface area contributed by atoms with Crippen molar-refractivity contribution in [1.29, 1.82) is 0 Å². The minimum Gasteiger partial charge on any atom is -0.372 e. The third-order valence-corrected chi connectivity index (χ3v) is 5.99. The van der Waals surface area contributed by atoms with Gasteiger partial charge >= 0.3 is 0 Å². The normalized spacial score (nSPS) is 23.7. The van der Waals surface area contributed by atoms with Crippen LogP contribution in [0.3, 0.4) is 0 Å². The Morgan fingerprint density at radius 1 is 0.964 bits per heavy atom. The Labute approximate surface area is 169 Å². The van der Waals surface area contributed by atoms with Crippen LogP contribution in [0.2, 0.25) is 0 Å². The molecule has 154 valence electrons. The van der Waals surface area contributed by atoms with Gasteiger partial charge in [0.15, 0.2) is 0 Å². The highest BCUT2D eigenvalue weighted by Gasteiger charge is 2.33. The molecule has 3 rings (SSSR count). The van der Waals surface area contributed by atoms with E-state index in [4.69, 9.17) is 4.74 Å². The van der Waals surface area contributed by atoms with Crippen LogP contribution in [0.25, 0.3) is 0 Å². The van der Waals surface area contributed by atoms with E-state index in [1.165, 1.54) is 11.1 Å². The van der Waals surface area contributed by atoms with Crippen molar-refractivity contribution in [3.63, 3.8) is 0 Å². The van der Waals surface area contributed by atoms with Crippen molar-refractivity contribution in [2.75, 3.05) is 26.2 Å². The molecule has 1 aromatic carbocycles. The molecule has 0 aliphatic carbocycles. The zero-order chi connectivity index (χ0) is 20.1. The second-order valence-electron chi connectivity index (χ2n) is 8.33. The lowest BCUT2D eigenvalue weighted by atomic mass is 9.94. The number of benzene rings is 1. The van der Waals surface area contributed by atoms with Crippen LogP contribution in [0, 0.1) is 5.92 Å². The number of likely N-dealkylation sites (tertiary alicyclic amines) is 1. The Bertz CT molecular complexity index is 655. The maximum absolute atomic E-state index is 12.9. The summed E-state index contributed by atoms with van der Waals surface area (Å²) < 4.78 is 5.73. The van der Waals surface area contributed by atoms with Crippen molar-refractivity contribution in [2.45, 2.75) is 65.1 Å². The van der Waals surface area contributed by atoms with Gasteiger partial charge in [-0.1, -0.05) is 31.2 Å². The average molecular weight is 387 g/mol. The molecule has 2 aliphatic rings. The van der Waals surface area contributed by atoms with Crippen molar-refractivity contribution in [3.8, 4) is 0 Å². The molecule has 1 aromatic rings. The minimum absolute atomic E-state index is 0.0446. The van der Waals surface area contributed by atoms with Gasteiger partial charge in [-0.25, -0.2) is 0 Å². The Morgan fingerprint density at radius 2 is 1.54 bits per heavy atom. The highest BCUT2D eigenvalue weighted by atomic mass is 16.5. The molecular formula is C23H34N2O3. The second-order valence-corrected chi connectivity index (χ2v) is 8.33. The Hall–Kier alpha value is -1.88. The monoisotopic (exact) mass is 386 g/mol. The number of amides is 2. The minimum atomic E-state index is 0.0446. The first-order valence-corrected chi connectivity index (χ1v) is 10.8. The summed E-state index contributed by atoms with van der Waals surface area (Å²) in [6, 6.07) is 8.54. The highest BCUT2D eigenvalue weighted by Crippen LogP contribution is 2.23. The summed E-state index contributed by atoms with van der Waals surface area (Å²) in [6.45, 7) is 8.93. The van der Waals surface area contributed by atoms with Gasteiger partial charge in [-0.2, -0.15) is 0 Å². The molecule has 2 saturated heterocycles. The second kappa shape index (κ2) is 9.55. The number of rotatable bonds is 5. The van der Waals surface area contributed by atoms with Gasteiger partial charge in [0.2, 0.25) is 11.8 Å². The van der Waals surface area contributed by atoms with Crippen LogP contribution in [-0.4, -0.2) is 60.0 Å². The molecule has 0 radical (unpaired) electrons. The third kappa shape index (κ3) is 5.34. The average Bonchev–Trinajstić information content (AvgIpc) is 2.71. The summed E-state index contributed by atoms with van der Waals surface area (Å²) in [5.41, 5.74) is 2.54. The van der Waals surface area contributed by atoms with Gasteiger partial charge in [0.25, 0.3) is 0 Å². The van der Waals surface area contributed by atoms with Gasteiger partial charge in [-0.3, -0.25) is 9.59 Å². The van der Waals surface area contributed by atoms with E-state index < -0.39 is 0 Å². The molecule has 28 heavy (non-hydrogen) atoms. The molecule has 0 aromatic heterocycles. The fourth-order valence-electron chi connectivity index (χ4n) is 4.34. The largest absolute Gasteiger partial charge is 0.372 e. The van der Waals surface area contributed by atoms with Gasteiger partial charge in [0, 0.05) is 38.5 Å². The summed E-state index contributed by atoms with van der Waals surface area (Å²) in [5.74, 6) is 0.493. The van der Waals surface area contributed by atoms with E-state index in [-0.39, 0.29) is 29.9 Å². The highest BCUT2D eigenvalue weighted by molar-refractivity contribution is 5.80. The maximum atomic E-state index is 12.9. The first-order valence-electron chi connectivity index (χ1n) is 10.8. The van der Waals surface area contributed by atoms with Crippen LogP contribution in [-0.2, 0) is 27.2 Å². The van der Waals surface area contributed by atoms with Crippen LogP contribution < -0.4 is 0 Å². The van der Waals surface area contributed by atoms with Crippen molar-refractivity contribution in [3.05, 3.63) is 35.4 Å². The van der Waals surface area contributed by atoms with Gasteiger partial charge in [0.1, 0.15) is 0 Å². The number of hydrogen-bond acceptors (Lipinski definition) is 3. The molecule has 0 saturated carbocycles. The lowest BCUT2D eigenvalue weighted by molar-refractivity contribution is -0.150. The van der Waals surface area contributed by atoms with Gasteiger partial charge in [-0.05, 0) is 50.7 Å². The fourth-order valence-corrected chi connectivity index (χ4v) is 4.34. The van der Waals surface area contributed by atoms with Crippen LogP contribution in [0.4, 0.5) is 0 Å². The lowest BCUT2D eigenvalue weighted by Gasteiger charge is -2.39. The Balaban J connectivity index is 1.43. The molecule has 0 bridgehead atoms. The SMILES string of the molecule is CCc1ccc(CCC(=O)N2CCC(C(=O)N3CC(C)OC(C)C3)CC2)cc1. The first kappa shape index (κ1) is 20.8. The summed E-state index contributed by atoms with van der Waals surface area (Å²) in [7, 11) is 0. The van der Waals surface area contributed by atoms with E-state index in [0.717, 1.165) is 25.7 Å². The molecular weight excluding hydrogens is 352 g/mol. The van der Waals surface area contributed by atoms with E-state index in [1.54, 1.807) is 0 Å². The fraction of sp³-hybridized carbons (Fsp3) is 0.652. The molecule has 2 aliphatic heterocycles. The standard InChI is InChI=1S/C23H34N2O3/c1-4-19-5-7-20(8-6-19)9-10-22(26)24-13-11-21(12-14-24)23(27)25-15-17(2)28-18(3)16-25/h5-8,17-18,21H,4,9-16H2,1-3H3. The summed E-state index contributed by atoms with van der Waals surface area (Å²) >= 11 is 0. The number of hydrogen-bond donors (Lipinski definition) is 0. The van der Waals surface area contributed by atoms with E-state index in [2.05, 4.69) is 31.2 Å². The molecule has 0 spiro atoms. The van der Waals surface area contributed by atoms with Gasteiger partial charge < -0.3 is 14.5 Å². The predicted molar refractivity (Wildman–Crippen MR) is 110 cm³/mol. The van der Waals surface area contributed by atoms with Crippen LogP contribution in [0.15, 0.2) is 24.3 Å². The Morgan fingerprint density at radius 3 is 2.11 bits per heavy atom. The Kier molecular flexibility index (Phi) is 7.11. The molecule has 2 fully saturated rings. The predicted octanol–water partition coefficient (Wildman–Crippen LogP) is 3.06.